The van der Waals surface area contributed by atoms with Crippen LogP contribution < -0.4 is 10.8 Å². The van der Waals surface area contributed by atoms with Crippen molar-refractivity contribution in [2.75, 3.05) is 0 Å². The Hall–Kier alpha value is -2.39. The van der Waals surface area contributed by atoms with Crippen molar-refractivity contribution in [3.8, 4) is 6.07 Å². The summed E-state index contributed by atoms with van der Waals surface area (Å²) in [5.74, 6) is -0.784. The lowest BCUT2D eigenvalue weighted by Crippen LogP contribution is -2.43. The van der Waals surface area contributed by atoms with Gasteiger partial charge in [-0.15, -0.1) is 0 Å². The molecule has 6 nitrogen and oxygen atoms in total. The molecule has 142 valence electrons. The van der Waals surface area contributed by atoms with Crippen molar-refractivity contribution in [3.05, 3.63) is 35.4 Å². The molecule has 0 radical (unpaired) electrons. The molecule has 0 aliphatic carbocycles. The van der Waals surface area contributed by atoms with E-state index in [1.54, 1.807) is 0 Å². The Morgan fingerprint density at radius 2 is 1.69 bits per heavy atom. The van der Waals surface area contributed by atoms with Crippen LogP contribution >= 0.6 is 0 Å². The van der Waals surface area contributed by atoms with E-state index in [0.29, 0.717) is 6.42 Å². The molecule has 1 aromatic rings. The molecule has 0 saturated carbocycles. The minimum atomic E-state index is -0.723. The summed E-state index contributed by atoms with van der Waals surface area (Å²) in [5, 5.41) is 20.1. The summed E-state index contributed by atoms with van der Waals surface area (Å²) in [6, 6.07) is 9.27. The maximum Gasteiger partial charge on any atom is 0.265 e. The topological polar surface area (TPSA) is 102 Å². The molecule has 0 aromatic heterocycles. The van der Waals surface area contributed by atoms with Crippen LogP contribution in [0.15, 0.2) is 24.3 Å². The Balaban J connectivity index is 2.00. The monoisotopic (exact) mass is 359 g/mol. The summed E-state index contributed by atoms with van der Waals surface area (Å²) in [5.41, 5.74) is 3.42. The highest BCUT2D eigenvalue weighted by Gasteiger charge is 2.13. The van der Waals surface area contributed by atoms with Crippen LogP contribution in [0.25, 0.3) is 0 Å². The van der Waals surface area contributed by atoms with Gasteiger partial charge in [0.05, 0.1) is 11.6 Å². The summed E-state index contributed by atoms with van der Waals surface area (Å²) >= 11 is 0. The third-order valence-electron chi connectivity index (χ3n) is 4.37. The van der Waals surface area contributed by atoms with E-state index in [-0.39, 0.29) is 5.91 Å². The van der Waals surface area contributed by atoms with Gasteiger partial charge in [-0.25, -0.2) is 5.48 Å². The smallest absolute Gasteiger partial charge is 0.265 e. The molecule has 1 aromatic carbocycles. The van der Waals surface area contributed by atoms with Crippen LogP contribution in [0, 0.1) is 11.3 Å². The van der Waals surface area contributed by atoms with Crippen LogP contribution in [0.1, 0.15) is 69.4 Å². The first kappa shape index (κ1) is 21.7. The standard InChI is InChI=1S/C20H29N3O3/c1-16(20(25)23-26)22-19(24)14-8-6-4-2-3-5-7-11-17-12-9-10-13-18(17)15-21/h9-10,12-13,16,26H,2-8,11,14H2,1H3,(H,22,24)(H,23,25). The van der Waals surface area contributed by atoms with E-state index in [2.05, 4.69) is 11.4 Å². The molecular weight excluding hydrogens is 330 g/mol. The molecule has 1 atom stereocenters. The van der Waals surface area contributed by atoms with Crippen LogP contribution in [0.4, 0.5) is 0 Å². The number of aryl methyl sites for hydroxylation is 1. The zero-order chi connectivity index (χ0) is 19.2. The molecule has 26 heavy (non-hydrogen) atoms. The first-order chi connectivity index (χ1) is 12.6. The number of hydrogen-bond donors (Lipinski definition) is 3. The maximum absolute atomic E-state index is 11.6. The Bertz CT molecular complexity index is 611. The molecule has 0 spiro atoms. The number of nitrogens with zero attached hydrogens (tertiary/aromatic N) is 1. The predicted molar refractivity (Wildman–Crippen MR) is 99.3 cm³/mol. The molecule has 0 aliphatic heterocycles. The highest BCUT2D eigenvalue weighted by Crippen LogP contribution is 2.14. The van der Waals surface area contributed by atoms with Crippen molar-refractivity contribution in [1.82, 2.24) is 10.8 Å². The highest BCUT2D eigenvalue weighted by molar-refractivity contribution is 5.86. The van der Waals surface area contributed by atoms with Crippen molar-refractivity contribution >= 4 is 11.8 Å². The van der Waals surface area contributed by atoms with Crippen LogP contribution in [0.5, 0.6) is 0 Å². The molecule has 0 bridgehead atoms. The van der Waals surface area contributed by atoms with Gasteiger partial charge in [0.2, 0.25) is 5.91 Å². The third kappa shape index (κ3) is 8.63. The fraction of sp³-hybridized carbons (Fsp3) is 0.550. The zero-order valence-electron chi connectivity index (χ0n) is 15.5. The quantitative estimate of drug-likeness (QED) is 0.303. The lowest BCUT2D eigenvalue weighted by atomic mass is 10.0. The number of nitrogens with one attached hydrogen (secondary N) is 2. The molecule has 2 amide bonds. The van der Waals surface area contributed by atoms with Gasteiger partial charge in [0, 0.05) is 6.42 Å². The van der Waals surface area contributed by atoms with Gasteiger partial charge in [0.15, 0.2) is 0 Å². The van der Waals surface area contributed by atoms with Crippen LogP contribution in [0.2, 0.25) is 0 Å². The lowest BCUT2D eigenvalue weighted by Gasteiger charge is -2.11. The second kappa shape index (κ2) is 12.9. The molecule has 1 unspecified atom stereocenters. The van der Waals surface area contributed by atoms with Crippen molar-refractivity contribution < 1.29 is 14.8 Å². The number of hydroxylamine groups is 1. The second-order valence-corrected chi connectivity index (χ2v) is 6.51. The maximum atomic E-state index is 11.6. The third-order valence-corrected chi connectivity index (χ3v) is 4.37. The molecule has 3 N–H and O–H groups in total. The van der Waals surface area contributed by atoms with E-state index in [4.69, 9.17) is 10.5 Å². The largest absolute Gasteiger partial charge is 0.345 e. The van der Waals surface area contributed by atoms with Gasteiger partial charge in [-0.2, -0.15) is 5.26 Å². The minimum Gasteiger partial charge on any atom is -0.345 e. The zero-order valence-corrected chi connectivity index (χ0v) is 15.5. The van der Waals surface area contributed by atoms with Gasteiger partial charge in [0.25, 0.3) is 5.91 Å². The van der Waals surface area contributed by atoms with Gasteiger partial charge < -0.3 is 5.32 Å². The summed E-state index contributed by atoms with van der Waals surface area (Å²) in [4.78, 5) is 22.7. The van der Waals surface area contributed by atoms with Crippen molar-refractivity contribution in [3.63, 3.8) is 0 Å². The molecule has 0 fully saturated rings. The van der Waals surface area contributed by atoms with Gasteiger partial charge in [-0.05, 0) is 37.8 Å². The Labute approximate surface area is 155 Å². The molecule has 6 heteroatoms. The number of hydrogen-bond acceptors (Lipinski definition) is 4. The van der Waals surface area contributed by atoms with Crippen LogP contribution in [-0.2, 0) is 16.0 Å². The Morgan fingerprint density at radius 1 is 1.08 bits per heavy atom. The van der Waals surface area contributed by atoms with Gasteiger partial charge in [-0.1, -0.05) is 50.3 Å². The van der Waals surface area contributed by atoms with Gasteiger partial charge in [0.1, 0.15) is 6.04 Å². The number of unbranched alkanes of at least 4 members (excludes halogenated alkanes) is 6. The second-order valence-electron chi connectivity index (χ2n) is 6.51. The number of rotatable bonds is 12. The van der Waals surface area contributed by atoms with Crippen molar-refractivity contribution in [1.29, 1.82) is 5.26 Å². The SMILES string of the molecule is CC(NC(=O)CCCCCCCCCc1ccccc1C#N)C(=O)NO. The number of amides is 2. The number of benzene rings is 1. The lowest BCUT2D eigenvalue weighted by molar-refractivity contribution is -0.134. The highest BCUT2D eigenvalue weighted by atomic mass is 16.5. The summed E-state index contributed by atoms with van der Waals surface area (Å²) < 4.78 is 0. The average Bonchev–Trinajstić information content (AvgIpc) is 2.66. The van der Waals surface area contributed by atoms with Crippen molar-refractivity contribution in [2.45, 2.75) is 70.8 Å². The Morgan fingerprint density at radius 3 is 2.35 bits per heavy atom. The molecular formula is C20H29N3O3. The number of carbonyl (C=O) groups is 2. The van der Waals surface area contributed by atoms with E-state index < -0.39 is 11.9 Å². The first-order valence-electron chi connectivity index (χ1n) is 9.29. The predicted octanol–water partition coefficient (Wildman–Crippen LogP) is 3.23. The normalized spacial score (nSPS) is 11.4. The van der Waals surface area contributed by atoms with E-state index in [9.17, 15) is 9.59 Å². The number of nitriles is 1. The van der Waals surface area contributed by atoms with Crippen molar-refractivity contribution in [2.24, 2.45) is 0 Å². The summed E-state index contributed by atoms with van der Waals surface area (Å²) in [6.07, 6.45) is 8.77. The summed E-state index contributed by atoms with van der Waals surface area (Å²) in [6.45, 7) is 1.53. The van der Waals surface area contributed by atoms with E-state index in [0.717, 1.165) is 62.5 Å². The molecule has 0 saturated heterocycles. The van der Waals surface area contributed by atoms with E-state index >= 15 is 0 Å². The Kier molecular flexibility index (Phi) is 10.7. The van der Waals surface area contributed by atoms with Gasteiger partial charge in [-0.3, -0.25) is 14.8 Å². The fourth-order valence-electron chi connectivity index (χ4n) is 2.81. The van der Waals surface area contributed by atoms with Crippen LogP contribution in [-0.4, -0.2) is 23.1 Å². The van der Waals surface area contributed by atoms with Crippen LogP contribution in [0.3, 0.4) is 0 Å². The van der Waals surface area contributed by atoms with E-state index in [1.165, 1.54) is 12.4 Å². The molecule has 0 heterocycles. The average molecular weight is 359 g/mol. The summed E-state index contributed by atoms with van der Waals surface area (Å²) in [7, 11) is 0. The van der Waals surface area contributed by atoms with E-state index in [1.807, 2.05) is 24.3 Å². The minimum absolute atomic E-state index is 0.169. The molecule has 1 rings (SSSR count). The fourth-order valence-corrected chi connectivity index (χ4v) is 2.81. The van der Waals surface area contributed by atoms with Gasteiger partial charge >= 0.3 is 0 Å². The number of carbonyl (C=O) groups excluding carboxylic acids is 2. The first-order valence-corrected chi connectivity index (χ1v) is 9.29. The molecule has 0 aliphatic rings.